The molecule has 5 aliphatic carbocycles. The van der Waals surface area contributed by atoms with E-state index in [0.29, 0.717) is 23.7 Å². The van der Waals surface area contributed by atoms with Gasteiger partial charge in [0.15, 0.2) is 0 Å². The maximum Gasteiger partial charge on any atom is 0.309 e. The Morgan fingerprint density at radius 3 is 2.09 bits per heavy atom. The van der Waals surface area contributed by atoms with Crippen molar-refractivity contribution in [2.75, 3.05) is 0 Å². The van der Waals surface area contributed by atoms with Gasteiger partial charge in [0.2, 0.25) is 0 Å². The highest BCUT2D eigenvalue weighted by atomic mass is 16.4. The zero-order valence-corrected chi connectivity index (χ0v) is 23.0. The molecule has 5 saturated carbocycles. The molecule has 0 heterocycles. The van der Waals surface area contributed by atoms with Gasteiger partial charge in [0.25, 0.3) is 0 Å². The number of carboxylic acid groups (broad SMARTS) is 1. The minimum atomic E-state index is -0.601. The summed E-state index contributed by atoms with van der Waals surface area (Å²) in [4.78, 5) is 12.8. The lowest BCUT2D eigenvalue weighted by molar-refractivity contribution is -0.261. The van der Waals surface area contributed by atoms with Crippen LogP contribution in [0.2, 0.25) is 0 Å². The Morgan fingerprint density at radius 2 is 1.47 bits per heavy atom. The van der Waals surface area contributed by atoms with Gasteiger partial charge in [-0.3, -0.25) is 4.79 Å². The van der Waals surface area contributed by atoms with E-state index in [9.17, 15) is 15.0 Å². The van der Waals surface area contributed by atoms with Gasteiger partial charge in [-0.15, -0.1) is 0 Å². The van der Waals surface area contributed by atoms with Crippen molar-refractivity contribution in [3.05, 3.63) is 12.2 Å². The number of rotatable bonds is 2. The molecule has 3 heteroatoms. The van der Waals surface area contributed by atoms with Crippen molar-refractivity contribution in [2.45, 2.75) is 118 Å². The Bertz CT molecular complexity index is 902. The largest absolute Gasteiger partial charge is 0.481 e. The Balaban J connectivity index is 1.57. The quantitative estimate of drug-likeness (QED) is 0.411. The molecule has 8 unspecified atom stereocenters. The summed E-state index contributed by atoms with van der Waals surface area (Å²) in [5.74, 6) is 1.73. The van der Waals surface area contributed by atoms with E-state index in [1.54, 1.807) is 0 Å². The van der Waals surface area contributed by atoms with Crippen LogP contribution in [-0.2, 0) is 4.79 Å². The summed E-state index contributed by atoms with van der Waals surface area (Å²) in [6.45, 7) is 20.9. The number of carboxylic acids is 1. The average Bonchev–Trinajstić information content (AvgIpc) is 3.13. The van der Waals surface area contributed by atoms with Gasteiger partial charge in [-0.05, 0) is 129 Å². The van der Waals surface area contributed by atoms with Crippen LogP contribution in [0.1, 0.15) is 113 Å². The molecule has 0 aliphatic heterocycles. The summed E-state index contributed by atoms with van der Waals surface area (Å²) in [7, 11) is 0. The van der Waals surface area contributed by atoms with Crippen LogP contribution < -0.4 is 0 Å². The number of allylic oxidation sites excluding steroid dienone is 1. The predicted molar refractivity (Wildman–Crippen MR) is 137 cm³/mol. The van der Waals surface area contributed by atoms with Crippen LogP contribution >= 0.6 is 0 Å². The Labute approximate surface area is 208 Å². The number of aliphatic hydroxyl groups is 1. The Hall–Kier alpha value is -0.830. The molecule has 0 radical (unpaired) electrons. The van der Waals surface area contributed by atoms with E-state index in [0.717, 1.165) is 38.5 Å². The molecule has 0 aromatic carbocycles. The van der Waals surface area contributed by atoms with Crippen LogP contribution in [0.15, 0.2) is 12.2 Å². The van der Waals surface area contributed by atoms with E-state index in [1.165, 1.54) is 31.3 Å². The number of aliphatic carboxylic acids is 1. The summed E-state index contributed by atoms with van der Waals surface area (Å²) >= 11 is 0. The first-order chi connectivity index (χ1) is 15.6. The van der Waals surface area contributed by atoms with Gasteiger partial charge in [-0.25, -0.2) is 0 Å². The smallest absolute Gasteiger partial charge is 0.309 e. The second kappa shape index (κ2) is 7.14. The fraction of sp³-hybridized carbons (Fsp3) is 0.903. The molecule has 10 atom stereocenters. The summed E-state index contributed by atoms with van der Waals surface area (Å²) < 4.78 is 0. The van der Waals surface area contributed by atoms with E-state index < -0.39 is 17.0 Å². The Kier molecular flexibility index (Phi) is 5.22. The zero-order chi connectivity index (χ0) is 25.1. The molecule has 0 spiro atoms. The Morgan fingerprint density at radius 1 is 0.794 bits per heavy atom. The van der Waals surface area contributed by atoms with Crippen molar-refractivity contribution in [3.63, 3.8) is 0 Å². The maximum atomic E-state index is 12.8. The lowest BCUT2D eigenvalue weighted by Crippen LogP contribution is -2.68. The van der Waals surface area contributed by atoms with Gasteiger partial charge in [0.05, 0.1) is 11.0 Å². The molecule has 5 rings (SSSR count). The van der Waals surface area contributed by atoms with Crippen molar-refractivity contribution in [1.82, 2.24) is 0 Å². The lowest BCUT2D eigenvalue weighted by Gasteiger charge is -2.73. The zero-order valence-electron chi connectivity index (χ0n) is 23.0. The molecular formula is C31H50O3. The first-order valence-corrected chi connectivity index (χ1v) is 14.2. The number of hydrogen-bond acceptors (Lipinski definition) is 2. The fourth-order valence-corrected chi connectivity index (χ4v) is 11.6. The van der Waals surface area contributed by atoms with Gasteiger partial charge < -0.3 is 10.2 Å². The SMILES string of the molecule is C=C(C)C1CCC2(C(=O)O)CCC3(C)C(CCC4[C@@]5(C)CCC(C)(O)C(C)(C)C5CC[C@]43C)C12. The highest BCUT2D eigenvalue weighted by Gasteiger charge is 2.72. The van der Waals surface area contributed by atoms with Crippen LogP contribution in [0.25, 0.3) is 0 Å². The van der Waals surface area contributed by atoms with Crippen LogP contribution in [0.4, 0.5) is 0 Å². The van der Waals surface area contributed by atoms with Crippen molar-refractivity contribution in [3.8, 4) is 0 Å². The van der Waals surface area contributed by atoms with Gasteiger partial charge in [-0.1, -0.05) is 46.8 Å². The molecule has 5 aliphatic rings. The van der Waals surface area contributed by atoms with E-state index in [4.69, 9.17) is 0 Å². The first-order valence-electron chi connectivity index (χ1n) is 14.2. The van der Waals surface area contributed by atoms with Crippen molar-refractivity contribution >= 4 is 5.97 Å². The van der Waals surface area contributed by atoms with Crippen molar-refractivity contribution in [2.24, 2.45) is 56.7 Å². The molecule has 0 bridgehead atoms. The fourth-order valence-electron chi connectivity index (χ4n) is 11.6. The summed E-state index contributed by atoms with van der Waals surface area (Å²) in [5, 5.41) is 21.9. The molecule has 192 valence electrons. The van der Waals surface area contributed by atoms with Crippen LogP contribution in [0.5, 0.6) is 0 Å². The first kappa shape index (κ1) is 24.8. The minimum absolute atomic E-state index is 0.0827. The highest BCUT2D eigenvalue weighted by Crippen LogP contribution is 2.78. The molecule has 0 aromatic heterocycles. The third-order valence-electron chi connectivity index (χ3n) is 14.2. The molecule has 2 N–H and O–H groups in total. The van der Waals surface area contributed by atoms with Crippen LogP contribution in [-0.4, -0.2) is 21.8 Å². The van der Waals surface area contributed by atoms with Gasteiger partial charge in [0.1, 0.15) is 0 Å². The number of fused-ring (bicyclic) bond motifs is 7. The topological polar surface area (TPSA) is 57.5 Å². The molecule has 3 nitrogen and oxygen atoms in total. The number of hydrogen-bond donors (Lipinski definition) is 2. The van der Waals surface area contributed by atoms with E-state index in [1.807, 2.05) is 0 Å². The normalized spacial score (nSPS) is 55.9. The summed E-state index contributed by atoms with van der Waals surface area (Å²) in [5.41, 5.74) is 0.637. The van der Waals surface area contributed by atoms with E-state index in [-0.39, 0.29) is 27.6 Å². The maximum absolute atomic E-state index is 12.8. The van der Waals surface area contributed by atoms with Gasteiger partial charge in [-0.2, -0.15) is 0 Å². The van der Waals surface area contributed by atoms with E-state index in [2.05, 4.69) is 55.0 Å². The third kappa shape index (κ3) is 2.72. The minimum Gasteiger partial charge on any atom is -0.481 e. The van der Waals surface area contributed by atoms with E-state index >= 15 is 0 Å². The molecule has 5 fully saturated rings. The molecule has 0 aromatic rings. The molecule has 34 heavy (non-hydrogen) atoms. The standard InChI is InChI=1S/C31H50O3/c1-19(2)20-11-14-31(25(32)33)18-16-28(6)21(24(20)31)9-10-23-27(5)15-17-30(8,34)26(3,4)22(27)12-13-29(23,28)7/h20-24,34H,1,9-18H2,2-8H3,(H,32,33)/t20?,21?,22?,23?,24?,27-,28?,29+,30?,31?/m0/s1. The average molecular weight is 471 g/mol. The molecule has 0 amide bonds. The van der Waals surface area contributed by atoms with Gasteiger partial charge >= 0.3 is 5.97 Å². The summed E-state index contributed by atoms with van der Waals surface area (Å²) in [6, 6.07) is 0. The van der Waals surface area contributed by atoms with Crippen LogP contribution in [0.3, 0.4) is 0 Å². The van der Waals surface area contributed by atoms with Gasteiger partial charge in [0, 0.05) is 0 Å². The third-order valence-corrected chi connectivity index (χ3v) is 14.2. The molecular weight excluding hydrogens is 420 g/mol. The lowest BCUT2D eigenvalue weighted by atomic mass is 9.31. The summed E-state index contributed by atoms with van der Waals surface area (Å²) in [6.07, 6.45) is 10.5. The van der Waals surface area contributed by atoms with Crippen molar-refractivity contribution < 1.29 is 15.0 Å². The second-order valence-electron chi connectivity index (χ2n) is 15.1. The number of carbonyl (C=O) groups is 1. The van der Waals surface area contributed by atoms with Crippen LogP contribution in [0, 0.1) is 56.7 Å². The van der Waals surface area contributed by atoms with Crippen molar-refractivity contribution in [1.29, 1.82) is 0 Å². The highest BCUT2D eigenvalue weighted by molar-refractivity contribution is 5.76. The second-order valence-corrected chi connectivity index (χ2v) is 15.1. The predicted octanol–water partition coefficient (Wildman–Crippen LogP) is 7.48. The molecule has 0 saturated heterocycles. The monoisotopic (exact) mass is 470 g/mol.